The van der Waals surface area contributed by atoms with E-state index >= 15 is 0 Å². The molecule has 0 unspecified atom stereocenters. The lowest BCUT2D eigenvalue weighted by atomic mass is 10.1. The molecule has 0 aliphatic carbocycles. The predicted molar refractivity (Wildman–Crippen MR) is 101 cm³/mol. The minimum absolute atomic E-state index is 0.0661. The van der Waals surface area contributed by atoms with Crippen LogP contribution in [0.2, 0.25) is 0 Å². The van der Waals surface area contributed by atoms with Crippen LogP contribution < -0.4 is 0 Å². The maximum absolute atomic E-state index is 12.8. The molecule has 2 aromatic rings. The molecular formula is C20H21N3O4. The molecule has 2 amide bonds. The van der Waals surface area contributed by atoms with Crippen LogP contribution in [-0.4, -0.2) is 52.7 Å². The Labute approximate surface area is 157 Å². The average Bonchev–Trinajstić information content (AvgIpc) is 2.67. The first-order valence-electron chi connectivity index (χ1n) is 8.77. The second-order valence-corrected chi connectivity index (χ2v) is 6.68. The summed E-state index contributed by atoms with van der Waals surface area (Å²) in [5.74, 6) is -0.434. The van der Waals surface area contributed by atoms with Crippen molar-refractivity contribution >= 4 is 17.5 Å². The van der Waals surface area contributed by atoms with Crippen molar-refractivity contribution in [2.45, 2.75) is 13.8 Å². The molecule has 1 aliphatic heterocycles. The molecule has 1 fully saturated rings. The second-order valence-electron chi connectivity index (χ2n) is 6.68. The highest BCUT2D eigenvalue weighted by molar-refractivity contribution is 5.99. The molecule has 2 aromatic carbocycles. The molecule has 0 bridgehead atoms. The highest BCUT2D eigenvalue weighted by Gasteiger charge is 2.30. The minimum atomic E-state index is -0.514. The van der Waals surface area contributed by atoms with Gasteiger partial charge in [-0.1, -0.05) is 29.8 Å². The smallest absolute Gasteiger partial charge is 0.285 e. The summed E-state index contributed by atoms with van der Waals surface area (Å²) in [7, 11) is 0. The van der Waals surface area contributed by atoms with Gasteiger partial charge in [0.15, 0.2) is 0 Å². The third-order valence-corrected chi connectivity index (χ3v) is 4.80. The van der Waals surface area contributed by atoms with Gasteiger partial charge < -0.3 is 9.80 Å². The molecule has 0 atom stereocenters. The van der Waals surface area contributed by atoms with Gasteiger partial charge in [0.2, 0.25) is 0 Å². The summed E-state index contributed by atoms with van der Waals surface area (Å²) < 4.78 is 0. The van der Waals surface area contributed by atoms with Gasteiger partial charge in [-0.15, -0.1) is 0 Å². The monoisotopic (exact) mass is 367 g/mol. The molecule has 0 saturated carbocycles. The van der Waals surface area contributed by atoms with Crippen LogP contribution in [0.5, 0.6) is 0 Å². The van der Waals surface area contributed by atoms with E-state index in [1.807, 2.05) is 19.1 Å². The highest BCUT2D eigenvalue weighted by Crippen LogP contribution is 2.25. The molecular weight excluding hydrogens is 346 g/mol. The third-order valence-electron chi connectivity index (χ3n) is 4.80. The standard InChI is InChI=1S/C20H21N3O4/c1-14-6-8-16(9-7-14)19(24)21-10-12-22(13-11-21)20(25)17-5-3-4-15(2)18(17)23(26)27/h3-9H,10-13H2,1-2H3. The van der Waals surface area contributed by atoms with Crippen LogP contribution in [0, 0.1) is 24.0 Å². The molecule has 1 heterocycles. The molecule has 0 radical (unpaired) electrons. The van der Waals surface area contributed by atoms with Crippen LogP contribution in [0.3, 0.4) is 0 Å². The van der Waals surface area contributed by atoms with Gasteiger partial charge in [-0.05, 0) is 32.0 Å². The Morgan fingerprint density at radius 2 is 1.44 bits per heavy atom. The number of nitro benzene ring substituents is 1. The fourth-order valence-corrected chi connectivity index (χ4v) is 3.24. The van der Waals surface area contributed by atoms with E-state index in [0.717, 1.165) is 5.56 Å². The summed E-state index contributed by atoms with van der Waals surface area (Å²) in [6.45, 7) is 5.08. The van der Waals surface area contributed by atoms with E-state index in [2.05, 4.69) is 0 Å². The van der Waals surface area contributed by atoms with Gasteiger partial charge in [0.25, 0.3) is 17.5 Å². The number of para-hydroxylation sites is 1. The lowest BCUT2D eigenvalue weighted by Gasteiger charge is -2.34. The van der Waals surface area contributed by atoms with Crippen LogP contribution in [0.25, 0.3) is 0 Å². The van der Waals surface area contributed by atoms with Crippen molar-refractivity contribution < 1.29 is 14.5 Å². The molecule has 0 spiro atoms. The summed E-state index contributed by atoms with van der Waals surface area (Å²) in [6, 6.07) is 12.1. The number of carbonyl (C=O) groups excluding carboxylic acids is 2. The predicted octanol–water partition coefficient (Wildman–Crippen LogP) is 2.81. The van der Waals surface area contributed by atoms with E-state index < -0.39 is 4.92 Å². The van der Waals surface area contributed by atoms with Crippen molar-refractivity contribution in [3.05, 3.63) is 74.8 Å². The van der Waals surface area contributed by atoms with Crippen LogP contribution in [0.4, 0.5) is 5.69 Å². The number of hydrogen-bond acceptors (Lipinski definition) is 4. The summed E-state index contributed by atoms with van der Waals surface area (Å²) in [6.07, 6.45) is 0. The van der Waals surface area contributed by atoms with E-state index in [4.69, 9.17) is 0 Å². The van der Waals surface area contributed by atoms with Gasteiger partial charge in [-0.3, -0.25) is 19.7 Å². The number of amides is 2. The van der Waals surface area contributed by atoms with Crippen molar-refractivity contribution in [1.29, 1.82) is 0 Å². The van der Waals surface area contributed by atoms with E-state index in [9.17, 15) is 19.7 Å². The van der Waals surface area contributed by atoms with Crippen LogP contribution >= 0.6 is 0 Å². The molecule has 27 heavy (non-hydrogen) atoms. The average molecular weight is 367 g/mol. The molecule has 140 valence electrons. The number of nitro groups is 1. The van der Waals surface area contributed by atoms with Crippen LogP contribution in [0.1, 0.15) is 31.8 Å². The van der Waals surface area contributed by atoms with Crippen LogP contribution in [0.15, 0.2) is 42.5 Å². The normalized spacial score (nSPS) is 14.1. The van der Waals surface area contributed by atoms with Crippen LogP contribution in [-0.2, 0) is 0 Å². The van der Waals surface area contributed by atoms with Crippen molar-refractivity contribution in [3.8, 4) is 0 Å². The van der Waals surface area contributed by atoms with Gasteiger partial charge in [0.1, 0.15) is 5.56 Å². The zero-order valence-corrected chi connectivity index (χ0v) is 15.3. The third kappa shape index (κ3) is 3.81. The summed E-state index contributed by atoms with van der Waals surface area (Å²) >= 11 is 0. The van der Waals surface area contributed by atoms with Crippen molar-refractivity contribution in [2.75, 3.05) is 26.2 Å². The Bertz CT molecular complexity index is 885. The maximum Gasteiger partial charge on any atom is 0.285 e. The van der Waals surface area contributed by atoms with Gasteiger partial charge in [0.05, 0.1) is 4.92 Å². The molecule has 7 heteroatoms. The highest BCUT2D eigenvalue weighted by atomic mass is 16.6. The first-order valence-corrected chi connectivity index (χ1v) is 8.77. The molecule has 0 aromatic heterocycles. The first kappa shape index (κ1) is 18.6. The molecule has 7 nitrogen and oxygen atoms in total. The number of rotatable bonds is 3. The largest absolute Gasteiger partial charge is 0.335 e. The Balaban J connectivity index is 1.70. The van der Waals surface area contributed by atoms with Gasteiger partial charge in [-0.25, -0.2) is 0 Å². The number of carbonyl (C=O) groups is 2. The van der Waals surface area contributed by atoms with Crippen molar-refractivity contribution in [2.24, 2.45) is 0 Å². The molecule has 1 saturated heterocycles. The number of benzene rings is 2. The van der Waals surface area contributed by atoms with Gasteiger partial charge >= 0.3 is 0 Å². The second kappa shape index (κ2) is 7.57. The summed E-state index contributed by atoms with van der Waals surface area (Å²) in [5.41, 5.74) is 2.11. The zero-order valence-electron chi connectivity index (χ0n) is 15.3. The molecule has 1 aliphatic rings. The Hall–Kier alpha value is -3.22. The minimum Gasteiger partial charge on any atom is -0.335 e. The Kier molecular flexibility index (Phi) is 5.21. The number of aryl methyl sites for hydroxylation is 2. The quantitative estimate of drug-likeness (QED) is 0.617. The number of nitrogens with zero attached hydrogens (tertiary/aromatic N) is 3. The van der Waals surface area contributed by atoms with E-state index in [1.165, 1.54) is 6.07 Å². The summed E-state index contributed by atoms with van der Waals surface area (Å²) in [5, 5.41) is 11.3. The zero-order chi connectivity index (χ0) is 19.6. The first-order chi connectivity index (χ1) is 12.9. The van der Waals surface area contributed by atoms with Crippen molar-refractivity contribution in [1.82, 2.24) is 9.80 Å². The topological polar surface area (TPSA) is 83.8 Å². The van der Waals surface area contributed by atoms with Gasteiger partial charge in [0, 0.05) is 37.3 Å². The number of hydrogen-bond donors (Lipinski definition) is 0. The summed E-state index contributed by atoms with van der Waals surface area (Å²) in [4.78, 5) is 39.5. The fourth-order valence-electron chi connectivity index (χ4n) is 3.24. The maximum atomic E-state index is 12.8. The lowest BCUT2D eigenvalue weighted by Crippen LogP contribution is -2.50. The molecule has 0 N–H and O–H groups in total. The lowest BCUT2D eigenvalue weighted by molar-refractivity contribution is -0.385. The SMILES string of the molecule is Cc1ccc(C(=O)N2CCN(C(=O)c3cccc(C)c3[N+](=O)[O-])CC2)cc1. The Morgan fingerprint density at radius 1 is 0.889 bits per heavy atom. The van der Waals surface area contributed by atoms with Crippen molar-refractivity contribution in [3.63, 3.8) is 0 Å². The van der Waals surface area contributed by atoms with E-state index in [-0.39, 0.29) is 23.1 Å². The number of piperazine rings is 1. The van der Waals surface area contributed by atoms with Gasteiger partial charge in [-0.2, -0.15) is 0 Å². The fraction of sp³-hybridized carbons (Fsp3) is 0.300. The van der Waals surface area contributed by atoms with E-state index in [0.29, 0.717) is 37.3 Å². The Morgan fingerprint density at radius 3 is 2.00 bits per heavy atom. The molecule has 3 rings (SSSR count). The van der Waals surface area contributed by atoms with E-state index in [1.54, 1.807) is 41.0 Å².